The number of rotatable bonds is 24. The molecule has 0 aromatic carbocycles. The van der Waals surface area contributed by atoms with Crippen LogP contribution in [0.1, 0.15) is 365 Å². The van der Waals surface area contributed by atoms with Crippen molar-refractivity contribution in [3.63, 3.8) is 0 Å². The van der Waals surface area contributed by atoms with E-state index in [1.807, 2.05) is 0 Å². The van der Waals surface area contributed by atoms with E-state index in [9.17, 15) is 0 Å². The van der Waals surface area contributed by atoms with E-state index in [2.05, 4.69) is 301 Å². The van der Waals surface area contributed by atoms with Crippen molar-refractivity contribution in [3.8, 4) is 0 Å². The van der Waals surface area contributed by atoms with Crippen molar-refractivity contribution in [2.75, 3.05) is 92.1 Å². The van der Waals surface area contributed by atoms with Gasteiger partial charge in [0.05, 0.1) is 0 Å². The van der Waals surface area contributed by atoms with Crippen molar-refractivity contribution >= 4 is 0 Å². The molecule has 4 atom stereocenters. The Balaban J connectivity index is 0. The van der Waals surface area contributed by atoms with Gasteiger partial charge < -0.3 is 40.0 Å². The fourth-order valence-corrected chi connectivity index (χ4v) is 16.3. The fourth-order valence-electron chi connectivity index (χ4n) is 16.3. The van der Waals surface area contributed by atoms with Gasteiger partial charge in [-0.25, -0.2) is 0 Å². The molecule has 6 heterocycles. The van der Waals surface area contributed by atoms with Crippen LogP contribution in [0.2, 0.25) is 0 Å². The predicted octanol–water partition coefficient (Wildman–Crippen LogP) is 23.9. The third kappa shape index (κ3) is 51.8. The molecule has 9 heteroatoms. The van der Waals surface area contributed by atoms with Crippen molar-refractivity contribution in [2.45, 2.75) is 431 Å². The lowest BCUT2D eigenvalue weighted by Gasteiger charge is -2.37. The number of likely N-dealkylation sites (tertiary alicyclic amines) is 6. The first-order valence-corrected chi connectivity index (χ1v) is 45.6. The highest BCUT2D eigenvalue weighted by molar-refractivity contribution is 4.85. The summed E-state index contributed by atoms with van der Waals surface area (Å²) in [6.45, 7) is 99.9. The maximum absolute atomic E-state index is 3.64. The second kappa shape index (κ2) is 59.4. The third-order valence-electron chi connectivity index (χ3n) is 25.1. The average molecular weight is 1460 g/mol. The SMILES string of the molecule is CC(C)C1CCCN(C(C)C)C1.CC(C)C1CCN(C(C)C)CC1.CC(C)C1CCN(C(C)C)CC1.CC(C)CC1CCCN1C(C)C.CC(C)CCN(C)C(C)C.CC(C)CCNC(C)C.CC(C)NC1CCC(C(C)C)CC1.CC(C)[C@@H]1CCCN(C(C)C)C1.CC(C)[C@@H]1CCN(C(C)C)C1. The van der Waals surface area contributed by atoms with Gasteiger partial charge in [-0.2, -0.15) is 0 Å². The Morgan fingerprint density at radius 3 is 0.903 bits per heavy atom. The van der Waals surface area contributed by atoms with E-state index in [-0.39, 0.29) is 0 Å². The summed E-state index contributed by atoms with van der Waals surface area (Å²) >= 11 is 0. The van der Waals surface area contributed by atoms with Gasteiger partial charge in [0.25, 0.3) is 0 Å². The van der Waals surface area contributed by atoms with Crippen molar-refractivity contribution in [1.29, 1.82) is 0 Å². The van der Waals surface area contributed by atoms with Gasteiger partial charge in [-0.05, 0) is 374 Å². The van der Waals surface area contributed by atoms with Crippen LogP contribution < -0.4 is 10.6 Å². The molecular weight excluding hydrogens is 1260 g/mol. The van der Waals surface area contributed by atoms with Crippen LogP contribution in [0, 0.1) is 88.8 Å². The number of hydrogen-bond acceptors (Lipinski definition) is 9. The van der Waals surface area contributed by atoms with Gasteiger partial charge in [0, 0.05) is 86.1 Å². The lowest BCUT2D eigenvalue weighted by molar-refractivity contribution is 0.117. The normalized spacial score (nSPS) is 23.4. The molecule has 0 aromatic rings. The molecule has 7 fully saturated rings. The van der Waals surface area contributed by atoms with Crippen molar-refractivity contribution in [3.05, 3.63) is 0 Å². The Morgan fingerprint density at radius 1 is 0.301 bits per heavy atom. The molecule has 1 aliphatic carbocycles. The van der Waals surface area contributed by atoms with Crippen LogP contribution in [-0.2, 0) is 0 Å². The molecule has 0 amide bonds. The zero-order chi connectivity index (χ0) is 79.4. The van der Waals surface area contributed by atoms with Gasteiger partial charge in [-0.1, -0.05) is 152 Å². The summed E-state index contributed by atoms with van der Waals surface area (Å²) in [5.74, 6) is 13.6. The van der Waals surface area contributed by atoms with E-state index in [4.69, 9.17) is 0 Å². The van der Waals surface area contributed by atoms with E-state index in [0.29, 0.717) is 18.1 Å². The van der Waals surface area contributed by atoms with E-state index >= 15 is 0 Å². The summed E-state index contributed by atoms with van der Waals surface area (Å²) in [5, 5.41) is 7.02. The summed E-state index contributed by atoms with van der Waals surface area (Å²) in [7, 11) is 2.19. The summed E-state index contributed by atoms with van der Waals surface area (Å²) in [6, 6.07) is 8.15. The molecule has 0 radical (unpaired) electrons. The summed E-state index contributed by atoms with van der Waals surface area (Å²) in [4.78, 5) is 18.1. The third-order valence-corrected chi connectivity index (χ3v) is 25.1. The van der Waals surface area contributed by atoms with Gasteiger partial charge in [0.15, 0.2) is 0 Å². The number of nitrogens with zero attached hydrogens (tertiary/aromatic N) is 7. The topological polar surface area (TPSA) is 46.7 Å². The largest absolute Gasteiger partial charge is 0.315 e. The minimum atomic E-state index is 0.642. The number of hydrogen-bond donors (Lipinski definition) is 2. The lowest BCUT2D eigenvalue weighted by atomic mass is 9.79. The molecule has 2 N–H and O–H groups in total. The molecule has 103 heavy (non-hydrogen) atoms. The molecular formula is C94H201N9. The molecule has 6 saturated heterocycles. The standard InChI is InChI=1S/C12H25N.5C11H23N.C10H21N.C9H21N.C8H19N/c1-9(2)11-5-7-12(8-6-11)13-10(3)4;2*1-9(2)11-5-7-12(8-6-11)10(3)4;2*1-9(2)11-6-5-7-12(8-11)10(3)4;1-9(2)8-11-6-5-7-12(11)10(3)4;1-8(2)10-5-6-11(7-10)9(3)4;1-8(2)6-7-10(5)9(3)4;1-7(2)5-6-9-8(3)4/h9-13H,5-8H2,1-4H3;5*9-11H,5-8H2,1-4H3;8-10H,5-7H2,1-4H3;8-9H,6-7H2,1-5H3;7-9H,5-6H2,1-4H3/t;;;11-;;;10-;;/m...1..1../s1. The molecule has 6 aliphatic heterocycles. The van der Waals surface area contributed by atoms with E-state index in [1.165, 1.54) is 194 Å². The molecule has 7 rings (SSSR count). The Bertz CT molecular complexity index is 1700. The average Bonchev–Trinajstić information content (AvgIpc) is 1.87. The monoisotopic (exact) mass is 1460 g/mol. The van der Waals surface area contributed by atoms with Gasteiger partial charge in [-0.3, -0.25) is 4.90 Å². The Hall–Kier alpha value is -0.360. The second-order valence-electron chi connectivity index (χ2n) is 40.3. The first-order chi connectivity index (χ1) is 47.9. The van der Waals surface area contributed by atoms with E-state index < -0.39 is 0 Å². The van der Waals surface area contributed by atoms with Crippen LogP contribution in [0.3, 0.4) is 0 Å². The van der Waals surface area contributed by atoms with E-state index in [1.54, 1.807) is 0 Å². The number of piperidine rings is 4. The van der Waals surface area contributed by atoms with Crippen molar-refractivity contribution in [1.82, 2.24) is 44.9 Å². The van der Waals surface area contributed by atoms with Crippen LogP contribution in [0.4, 0.5) is 0 Å². The molecule has 622 valence electrons. The summed E-state index contributed by atoms with van der Waals surface area (Å²) in [5.41, 5.74) is 0. The molecule has 0 spiro atoms. The van der Waals surface area contributed by atoms with Crippen molar-refractivity contribution in [2.24, 2.45) is 88.8 Å². The fraction of sp³-hybridized carbons (Fsp3) is 1.00. The van der Waals surface area contributed by atoms with Gasteiger partial charge in [0.2, 0.25) is 0 Å². The highest BCUT2D eigenvalue weighted by Gasteiger charge is 2.30. The lowest BCUT2D eigenvalue weighted by Crippen LogP contribution is -2.41. The van der Waals surface area contributed by atoms with Gasteiger partial charge in [-0.15, -0.1) is 0 Å². The van der Waals surface area contributed by atoms with Crippen LogP contribution in [-0.4, -0.2) is 193 Å². The molecule has 9 nitrogen and oxygen atoms in total. The minimum absolute atomic E-state index is 0.642. The molecule has 7 aliphatic rings. The first kappa shape index (κ1) is 105. The Labute approximate surface area is 653 Å². The van der Waals surface area contributed by atoms with Crippen LogP contribution >= 0.6 is 0 Å². The highest BCUT2D eigenvalue weighted by atomic mass is 15.2. The maximum atomic E-state index is 3.64. The zero-order valence-corrected chi connectivity index (χ0v) is 78.1. The van der Waals surface area contributed by atoms with E-state index in [0.717, 1.165) is 144 Å². The predicted molar refractivity (Wildman–Crippen MR) is 470 cm³/mol. The van der Waals surface area contributed by atoms with Crippen LogP contribution in [0.15, 0.2) is 0 Å². The zero-order valence-electron chi connectivity index (χ0n) is 78.1. The summed E-state index contributed by atoms with van der Waals surface area (Å²) in [6.07, 6.45) is 25.2. The first-order valence-electron chi connectivity index (χ1n) is 45.6. The molecule has 0 bridgehead atoms. The molecule has 2 unspecified atom stereocenters. The second-order valence-corrected chi connectivity index (χ2v) is 40.3. The Morgan fingerprint density at radius 2 is 0.621 bits per heavy atom. The Kier molecular flexibility index (Phi) is 60.4. The van der Waals surface area contributed by atoms with Gasteiger partial charge in [0.1, 0.15) is 0 Å². The number of nitrogens with one attached hydrogen (secondary N) is 2. The van der Waals surface area contributed by atoms with Crippen LogP contribution in [0.25, 0.3) is 0 Å². The molecule has 1 saturated carbocycles. The maximum Gasteiger partial charge on any atom is 0.0101 e. The van der Waals surface area contributed by atoms with Crippen LogP contribution in [0.5, 0.6) is 0 Å². The smallest absolute Gasteiger partial charge is 0.0101 e. The highest BCUT2D eigenvalue weighted by Crippen LogP contribution is 2.32. The van der Waals surface area contributed by atoms with Gasteiger partial charge >= 0.3 is 0 Å². The molecule has 0 aromatic heterocycles. The van der Waals surface area contributed by atoms with Crippen molar-refractivity contribution < 1.29 is 0 Å². The minimum Gasteiger partial charge on any atom is -0.315 e. The summed E-state index contributed by atoms with van der Waals surface area (Å²) < 4.78 is 0. The quantitative estimate of drug-likeness (QED) is 0.0984.